The topological polar surface area (TPSA) is 57.8 Å². The van der Waals surface area contributed by atoms with Crippen molar-refractivity contribution in [2.45, 2.75) is 27.7 Å². The monoisotopic (exact) mass is 369 g/mol. The van der Waals surface area contributed by atoms with Crippen LogP contribution in [0.5, 0.6) is 0 Å². The minimum absolute atomic E-state index is 0.0741. The van der Waals surface area contributed by atoms with Crippen LogP contribution in [0.2, 0.25) is 0 Å². The largest absolute Gasteiger partial charge is 0.321 e. The number of nitrogens with zero attached hydrogens (tertiary/aromatic N) is 2. The summed E-state index contributed by atoms with van der Waals surface area (Å²) < 4.78 is 2.16. The van der Waals surface area contributed by atoms with Crippen LogP contribution in [-0.4, -0.2) is 10.5 Å². The average molecular weight is 369 g/mol. The first-order valence-corrected chi connectivity index (χ1v) is 9.16. The second-order valence-electron chi connectivity index (χ2n) is 6.87. The SMILES string of the molecule is Cc1cccc(-n2c(C)cc(/C=C(/C#N)C(=O)Nc3ccccc3)c2C)c1C. The van der Waals surface area contributed by atoms with E-state index >= 15 is 0 Å². The molecule has 2 aromatic carbocycles. The average Bonchev–Trinajstić information content (AvgIpc) is 2.96. The maximum Gasteiger partial charge on any atom is 0.266 e. The van der Waals surface area contributed by atoms with Gasteiger partial charge in [0, 0.05) is 22.8 Å². The van der Waals surface area contributed by atoms with E-state index in [0.29, 0.717) is 5.69 Å². The van der Waals surface area contributed by atoms with Crippen molar-refractivity contribution < 1.29 is 4.79 Å². The van der Waals surface area contributed by atoms with Crippen molar-refractivity contribution in [3.8, 4) is 11.8 Å². The first kappa shape index (κ1) is 19.2. The van der Waals surface area contributed by atoms with Gasteiger partial charge in [-0.05, 0) is 74.7 Å². The Bertz CT molecular complexity index is 1100. The number of hydrogen-bond acceptors (Lipinski definition) is 2. The van der Waals surface area contributed by atoms with E-state index < -0.39 is 5.91 Å². The van der Waals surface area contributed by atoms with Crippen molar-refractivity contribution >= 4 is 17.7 Å². The van der Waals surface area contributed by atoms with Crippen LogP contribution in [0.15, 0.2) is 60.2 Å². The highest BCUT2D eigenvalue weighted by atomic mass is 16.1. The molecule has 0 bridgehead atoms. The van der Waals surface area contributed by atoms with E-state index in [1.165, 1.54) is 11.1 Å². The van der Waals surface area contributed by atoms with Gasteiger partial charge in [-0.25, -0.2) is 0 Å². The molecule has 0 unspecified atom stereocenters. The fourth-order valence-corrected chi connectivity index (χ4v) is 3.31. The van der Waals surface area contributed by atoms with E-state index in [1.807, 2.05) is 50.2 Å². The summed E-state index contributed by atoms with van der Waals surface area (Å²) in [4.78, 5) is 12.5. The summed E-state index contributed by atoms with van der Waals surface area (Å²) in [6.07, 6.45) is 1.65. The number of carbonyl (C=O) groups excluding carboxylic acids is 1. The zero-order valence-electron chi connectivity index (χ0n) is 16.6. The molecule has 1 heterocycles. The van der Waals surface area contributed by atoms with Crippen LogP contribution in [0.25, 0.3) is 11.8 Å². The van der Waals surface area contributed by atoms with Crippen molar-refractivity contribution in [2.24, 2.45) is 0 Å². The number of anilines is 1. The number of aromatic nitrogens is 1. The van der Waals surface area contributed by atoms with Crippen molar-refractivity contribution in [3.05, 3.63) is 88.2 Å². The summed E-state index contributed by atoms with van der Waals surface area (Å²) in [6, 6.07) is 19.4. The molecule has 3 aromatic rings. The Hall–Kier alpha value is -3.58. The summed E-state index contributed by atoms with van der Waals surface area (Å²) in [6.45, 7) is 8.23. The molecular formula is C24H23N3O. The van der Waals surface area contributed by atoms with Crippen LogP contribution in [0.3, 0.4) is 0 Å². The maximum absolute atomic E-state index is 12.5. The zero-order valence-corrected chi connectivity index (χ0v) is 16.6. The third-order valence-electron chi connectivity index (χ3n) is 4.98. The molecule has 0 saturated carbocycles. The van der Waals surface area contributed by atoms with Crippen molar-refractivity contribution in [2.75, 3.05) is 5.32 Å². The predicted molar refractivity (Wildman–Crippen MR) is 113 cm³/mol. The number of para-hydroxylation sites is 1. The number of amides is 1. The van der Waals surface area contributed by atoms with Gasteiger partial charge in [0.1, 0.15) is 11.6 Å². The maximum atomic E-state index is 12.5. The van der Waals surface area contributed by atoms with Gasteiger partial charge in [-0.3, -0.25) is 4.79 Å². The molecule has 1 N–H and O–H groups in total. The molecule has 1 aromatic heterocycles. The Kier molecular flexibility index (Phi) is 5.47. The van der Waals surface area contributed by atoms with Gasteiger partial charge in [0.05, 0.1) is 0 Å². The molecule has 0 saturated heterocycles. The first-order chi connectivity index (χ1) is 13.4. The number of rotatable bonds is 4. The van der Waals surface area contributed by atoms with E-state index in [2.05, 4.69) is 35.9 Å². The normalized spacial score (nSPS) is 11.2. The molecular weight excluding hydrogens is 346 g/mol. The van der Waals surface area contributed by atoms with Gasteiger partial charge < -0.3 is 9.88 Å². The second-order valence-corrected chi connectivity index (χ2v) is 6.87. The number of nitriles is 1. The summed E-state index contributed by atoms with van der Waals surface area (Å²) >= 11 is 0. The van der Waals surface area contributed by atoms with Crippen LogP contribution in [0, 0.1) is 39.0 Å². The third kappa shape index (κ3) is 3.74. The quantitative estimate of drug-likeness (QED) is 0.504. The summed E-state index contributed by atoms with van der Waals surface area (Å²) in [5, 5.41) is 12.3. The van der Waals surface area contributed by atoms with Crippen LogP contribution in [-0.2, 0) is 4.79 Å². The molecule has 28 heavy (non-hydrogen) atoms. The van der Waals surface area contributed by atoms with Crippen LogP contribution < -0.4 is 5.32 Å². The van der Waals surface area contributed by atoms with Crippen LogP contribution >= 0.6 is 0 Å². The van der Waals surface area contributed by atoms with Gasteiger partial charge in [0.2, 0.25) is 0 Å². The van der Waals surface area contributed by atoms with Gasteiger partial charge in [-0.2, -0.15) is 5.26 Å². The first-order valence-electron chi connectivity index (χ1n) is 9.16. The molecule has 0 radical (unpaired) electrons. The fourth-order valence-electron chi connectivity index (χ4n) is 3.31. The highest BCUT2D eigenvalue weighted by Crippen LogP contribution is 2.26. The lowest BCUT2D eigenvalue weighted by atomic mass is 10.1. The van der Waals surface area contributed by atoms with Gasteiger partial charge in [0.25, 0.3) is 5.91 Å². The lowest BCUT2D eigenvalue weighted by Gasteiger charge is -2.14. The third-order valence-corrected chi connectivity index (χ3v) is 4.98. The fraction of sp³-hybridized carbons (Fsp3) is 0.167. The highest BCUT2D eigenvalue weighted by molar-refractivity contribution is 6.09. The molecule has 4 nitrogen and oxygen atoms in total. The van der Waals surface area contributed by atoms with Gasteiger partial charge in [0.15, 0.2) is 0 Å². The van der Waals surface area contributed by atoms with E-state index in [1.54, 1.807) is 18.2 Å². The Labute approximate surface area is 165 Å². The molecule has 0 fully saturated rings. The minimum Gasteiger partial charge on any atom is -0.321 e. The van der Waals surface area contributed by atoms with Crippen molar-refractivity contribution in [1.82, 2.24) is 4.57 Å². The van der Waals surface area contributed by atoms with E-state index in [0.717, 1.165) is 22.6 Å². The van der Waals surface area contributed by atoms with E-state index in [4.69, 9.17) is 0 Å². The molecule has 0 aliphatic heterocycles. The van der Waals surface area contributed by atoms with Crippen molar-refractivity contribution in [3.63, 3.8) is 0 Å². The summed E-state index contributed by atoms with van der Waals surface area (Å²) in [5.74, 6) is -0.412. The number of aryl methyl sites for hydroxylation is 2. The van der Waals surface area contributed by atoms with E-state index in [9.17, 15) is 10.1 Å². The summed E-state index contributed by atoms with van der Waals surface area (Å²) in [7, 11) is 0. The Balaban J connectivity index is 1.99. The smallest absolute Gasteiger partial charge is 0.266 e. The molecule has 3 rings (SSSR count). The van der Waals surface area contributed by atoms with Crippen LogP contribution in [0.4, 0.5) is 5.69 Å². The molecule has 0 spiro atoms. The van der Waals surface area contributed by atoms with Crippen LogP contribution in [0.1, 0.15) is 28.1 Å². The molecule has 4 heteroatoms. The van der Waals surface area contributed by atoms with Gasteiger partial charge >= 0.3 is 0 Å². The molecule has 1 amide bonds. The molecule has 0 atom stereocenters. The second kappa shape index (κ2) is 7.98. The van der Waals surface area contributed by atoms with Gasteiger partial charge in [-0.15, -0.1) is 0 Å². The molecule has 140 valence electrons. The Morgan fingerprint density at radius 2 is 1.75 bits per heavy atom. The number of carbonyl (C=O) groups is 1. The lowest BCUT2D eigenvalue weighted by molar-refractivity contribution is -0.112. The Morgan fingerprint density at radius 1 is 1.04 bits per heavy atom. The zero-order chi connectivity index (χ0) is 20.3. The minimum atomic E-state index is -0.412. The highest BCUT2D eigenvalue weighted by Gasteiger charge is 2.15. The summed E-state index contributed by atoms with van der Waals surface area (Å²) in [5.41, 5.74) is 7.19. The number of nitrogens with one attached hydrogen (secondary N) is 1. The molecule has 0 aliphatic carbocycles. The Morgan fingerprint density at radius 3 is 2.43 bits per heavy atom. The molecule has 0 aliphatic rings. The standard InChI is InChI=1S/C24H23N3O/c1-16-9-8-12-23(18(16)3)27-17(2)13-20(19(27)4)14-21(15-25)24(28)26-22-10-6-5-7-11-22/h5-14H,1-4H3,(H,26,28)/b21-14-. The van der Waals surface area contributed by atoms with Gasteiger partial charge in [-0.1, -0.05) is 30.3 Å². The van der Waals surface area contributed by atoms with E-state index in [-0.39, 0.29) is 5.57 Å². The predicted octanol–water partition coefficient (Wildman–Crippen LogP) is 5.26. The lowest BCUT2D eigenvalue weighted by Crippen LogP contribution is -2.13. The van der Waals surface area contributed by atoms with Crippen molar-refractivity contribution in [1.29, 1.82) is 5.26 Å². The number of hydrogen-bond donors (Lipinski definition) is 1. The number of benzene rings is 2.